The van der Waals surface area contributed by atoms with E-state index in [9.17, 15) is 8.42 Å². The Kier molecular flexibility index (Phi) is 5.96. The fourth-order valence-electron chi connectivity index (χ4n) is 2.40. The number of hydrogen-bond acceptors (Lipinski definition) is 4. The first-order valence-electron chi connectivity index (χ1n) is 7.50. The Morgan fingerprint density at radius 2 is 2.24 bits per heavy atom. The Morgan fingerprint density at radius 1 is 1.43 bits per heavy atom. The van der Waals surface area contributed by atoms with E-state index in [0.717, 1.165) is 43.0 Å². The monoisotopic (exact) mass is 328 g/mol. The SMILES string of the molecule is CCSCCC(C)NS(=O)(=O)c1ccc2c(c1)NCCC2. The number of fused-ring (bicyclic) bond motifs is 1. The van der Waals surface area contributed by atoms with Gasteiger partial charge in [-0.05, 0) is 55.4 Å². The molecule has 118 valence electrons. The molecule has 2 N–H and O–H groups in total. The molecule has 1 atom stereocenters. The van der Waals surface area contributed by atoms with Crippen LogP contribution >= 0.6 is 11.8 Å². The summed E-state index contributed by atoms with van der Waals surface area (Å²) in [5.41, 5.74) is 2.16. The van der Waals surface area contributed by atoms with Gasteiger partial charge in [-0.2, -0.15) is 11.8 Å². The Labute approximate surface area is 132 Å². The fourth-order valence-corrected chi connectivity index (χ4v) is 4.52. The quantitative estimate of drug-likeness (QED) is 0.756. The summed E-state index contributed by atoms with van der Waals surface area (Å²) < 4.78 is 27.6. The van der Waals surface area contributed by atoms with E-state index >= 15 is 0 Å². The number of sulfonamides is 1. The Morgan fingerprint density at radius 3 is 3.00 bits per heavy atom. The molecule has 1 aliphatic rings. The van der Waals surface area contributed by atoms with Gasteiger partial charge in [-0.1, -0.05) is 13.0 Å². The van der Waals surface area contributed by atoms with Crippen molar-refractivity contribution >= 4 is 27.5 Å². The molecule has 1 aromatic carbocycles. The van der Waals surface area contributed by atoms with Crippen LogP contribution in [0.1, 0.15) is 32.3 Å². The van der Waals surface area contributed by atoms with Gasteiger partial charge >= 0.3 is 0 Å². The average Bonchev–Trinajstić information content (AvgIpc) is 2.46. The Hall–Kier alpha value is -0.720. The van der Waals surface area contributed by atoms with Crippen molar-refractivity contribution in [2.45, 2.75) is 44.0 Å². The van der Waals surface area contributed by atoms with Crippen LogP contribution in [0.3, 0.4) is 0 Å². The first kappa shape index (κ1) is 16.6. The minimum Gasteiger partial charge on any atom is -0.385 e. The molecule has 0 saturated carbocycles. The second kappa shape index (κ2) is 7.51. The van der Waals surface area contributed by atoms with Crippen LogP contribution < -0.4 is 10.0 Å². The highest BCUT2D eigenvalue weighted by Gasteiger charge is 2.19. The lowest BCUT2D eigenvalue weighted by Gasteiger charge is -2.19. The van der Waals surface area contributed by atoms with Gasteiger partial charge in [-0.25, -0.2) is 13.1 Å². The minimum atomic E-state index is -3.43. The van der Waals surface area contributed by atoms with Crippen molar-refractivity contribution < 1.29 is 8.42 Å². The fraction of sp³-hybridized carbons (Fsp3) is 0.600. The van der Waals surface area contributed by atoms with Crippen LogP contribution in [0.4, 0.5) is 5.69 Å². The number of rotatable bonds is 7. The molecule has 0 aliphatic carbocycles. The van der Waals surface area contributed by atoms with E-state index in [-0.39, 0.29) is 6.04 Å². The van der Waals surface area contributed by atoms with Crippen LogP contribution in [0, 0.1) is 0 Å². The van der Waals surface area contributed by atoms with Gasteiger partial charge in [0.15, 0.2) is 0 Å². The lowest BCUT2D eigenvalue weighted by atomic mass is 10.0. The van der Waals surface area contributed by atoms with Gasteiger partial charge in [0.2, 0.25) is 10.0 Å². The maximum atomic E-state index is 12.4. The molecule has 1 aromatic rings. The van der Waals surface area contributed by atoms with Gasteiger partial charge in [-0.15, -0.1) is 0 Å². The Bertz CT molecular complexity index is 573. The first-order valence-corrected chi connectivity index (χ1v) is 10.1. The average molecular weight is 329 g/mol. The molecule has 21 heavy (non-hydrogen) atoms. The van der Waals surface area contributed by atoms with E-state index in [2.05, 4.69) is 17.0 Å². The van der Waals surface area contributed by atoms with Crippen LogP contribution in [0.2, 0.25) is 0 Å². The van der Waals surface area contributed by atoms with E-state index in [1.807, 2.05) is 24.8 Å². The number of thioether (sulfide) groups is 1. The summed E-state index contributed by atoms with van der Waals surface area (Å²) in [6.07, 6.45) is 2.96. The van der Waals surface area contributed by atoms with Gasteiger partial charge in [0.25, 0.3) is 0 Å². The van der Waals surface area contributed by atoms with Crippen LogP contribution in [-0.2, 0) is 16.4 Å². The lowest BCUT2D eigenvalue weighted by molar-refractivity contribution is 0.557. The lowest BCUT2D eigenvalue weighted by Crippen LogP contribution is -2.33. The van der Waals surface area contributed by atoms with E-state index in [1.165, 1.54) is 5.56 Å². The first-order chi connectivity index (χ1) is 10.0. The molecule has 0 radical (unpaired) electrons. The van der Waals surface area contributed by atoms with Crippen molar-refractivity contribution in [2.24, 2.45) is 0 Å². The van der Waals surface area contributed by atoms with Gasteiger partial charge in [0.1, 0.15) is 0 Å². The van der Waals surface area contributed by atoms with E-state index in [4.69, 9.17) is 0 Å². The molecule has 0 saturated heterocycles. The molecule has 2 rings (SSSR count). The largest absolute Gasteiger partial charge is 0.385 e. The zero-order valence-corrected chi connectivity index (χ0v) is 14.3. The maximum Gasteiger partial charge on any atom is 0.240 e. The molecule has 6 heteroatoms. The maximum absolute atomic E-state index is 12.4. The van der Waals surface area contributed by atoms with E-state index in [0.29, 0.717) is 4.90 Å². The summed E-state index contributed by atoms with van der Waals surface area (Å²) in [5.74, 6) is 2.04. The summed E-state index contributed by atoms with van der Waals surface area (Å²) >= 11 is 1.83. The highest BCUT2D eigenvalue weighted by atomic mass is 32.2. The molecule has 1 heterocycles. The topological polar surface area (TPSA) is 58.2 Å². The molecular weight excluding hydrogens is 304 g/mol. The highest BCUT2D eigenvalue weighted by Crippen LogP contribution is 2.25. The van der Waals surface area contributed by atoms with Crippen molar-refractivity contribution in [2.75, 3.05) is 23.4 Å². The number of benzene rings is 1. The minimum absolute atomic E-state index is 0.0435. The second-order valence-corrected chi connectivity index (χ2v) is 8.47. The highest BCUT2D eigenvalue weighted by molar-refractivity contribution is 7.99. The molecule has 0 bridgehead atoms. The van der Waals surface area contributed by atoms with Crippen LogP contribution in [0.25, 0.3) is 0 Å². The molecule has 1 aliphatic heterocycles. The normalized spacial score (nSPS) is 16.1. The van der Waals surface area contributed by atoms with Gasteiger partial charge in [-0.3, -0.25) is 0 Å². The van der Waals surface area contributed by atoms with Crippen molar-refractivity contribution in [1.82, 2.24) is 4.72 Å². The number of anilines is 1. The van der Waals surface area contributed by atoms with Crippen LogP contribution in [0.15, 0.2) is 23.1 Å². The third-order valence-corrected chi connectivity index (χ3v) is 6.11. The predicted octanol–water partition coefficient (Wildman–Crippen LogP) is 2.85. The Balaban J connectivity index is 2.05. The number of nitrogens with one attached hydrogen (secondary N) is 2. The molecule has 4 nitrogen and oxygen atoms in total. The molecule has 0 fully saturated rings. The molecule has 0 amide bonds. The third-order valence-electron chi connectivity index (χ3n) is 3.59. The standard InChI is InChI=1S/C15H24N2O2S2/c1-3-20-10-8-12(2)17-21(18,19)14-7-6-13-5-4-9-16-15(13)11-14/h6-7,11-12,16-17H,3-5,8-10H2,1-2H3. The van der Waals surface area contributed by atoms with Crippen LogP contribution in [0.5, 0.6) is 0 Å². The van der Waals surface area contributed by atoms with Gasteiger partial charge in [0, 0.05) is 18.3 Å². The third kappa shape index (κ3) is 4.63. The van der Waals surface area contributed by atoms with Crippen molar-refractivity contribution in [3.05, 3.63) is 23.8 Å². The number of aryl methyl sites for hydroxylation is 1. The number of hydrogen-bond donors (Lipinski definition) is 2. The molecule has 0 spiro atoms. The molecule has 1 unspecified atom stereocenters. The molecule has 0 aromatic heterocycles. The smallest absolute Gasteiger partial charge is 0.240 e. The molecular formula is C15H24N2O2S2. The summed E-state index contributed by atoms with van der Waals surface area (Å²) in [4.78, 5) is 0.352. The zero-order chi connectivity index (χ0) is 15.3. The summed E-state index contributed by atoms with van der Waals surface area (Å²) in [5, 5.41) is 3.27. The van der Waals surface area contributed by atoms with E-state index < -0.39 is 10.0 Å². The van der Waals surface area contributed by atoms with Crippen molar-refractivity contribution in [1.29, 1.82) is 0 Å². The summed E-state index contributed by atoms with van der Waals surface area (Å²) in [7, 11) is -3.43. The van der Waals surface area contributed by atoms with Gasteiger partial charge < -0.3 is 5.32 Å². The summed E-state index contributed by atoms with van der Waals surface area (Å²) in [6.45, 7) is 4.94. The van der Waals surface area contributed by atoms with Crippen molar-refractivity contribution in [3.8, 4) is 0 Å². The second-order valence-electron chi connectivity index (χ2n) is 5.36. The van der Waals surface area contributed by atoms with Gasteiger partial charge in [0.05, 0.1) is 4.90 Å². The predicted molar refractivity (Wildman–Crippen MR) is 90.7 cm³/mol. The summed E-state index contributed by atoms with van der Waals surface area (Å²) in [6, 6.07) is 5.35. The van der Waals surface area contributed by atoms with E-state index in [1.54, 1.807) is 12.1 Å². The van der Waals surface area contributed by atoms with Crippen molar-refractivity contribution in [3.63, 3.8) is 0 Å². The van der Waals surface area contributed by atoms with Crippen LogP contribution in [-0.4, -0.2) is 32.5 Å². The zero-order valence-electron chi connectivity index (χ0n) is 12.7.